The zero-order chi connectivity index (χ0) is 13.0. The van der Waals surface area contributed by atoms with Gasteiger partial charge in [0.05, 0.1) is 5.69 Å². The normalized spacial score (nSPS) is 10.4. The van der Waals surface area contributed by atoms with Gasteiger partial charge in [-0.1, -0.05) is 32.0 Å². The number of aromatic nitrogens is 1. The minimum Gasteiger partial charge on any atom is -0.363 e. The first-order valence-corrected chi connectivity index (χ1v) is 5.96. The number of anilines is 2. The van der Waals surface area contributed by atoms with E-state index in [1.807, 2.05) is 36.4 Å². The van der Waals surface area contributed by atoms with Gasteiger partial charge in [0.1, 0.15) is 0 Å². The van der Waals surface area contributed by atoms with E-state index in [0.717, 1.165) is 17.1 Å². The Morgan fingerprint density at radius 3 is 2.39 bits per heavy atom. The van der Waals surface area contributed by atoms with Gasteiger partial charge in [-0.3, -0.25) is 0 Å². The van der Waals surface area contributed by atoms with Gasteiger partial charge in [-0.25, -0.2) is 4.79 Å². The monoisotopic (exact) mass is 243 g/mol. The van der Waals surface area contributed by atoms with E-state index < -0.39 is 0 Å². The van der Waals surface area contributed by atoms with Crippen LogP contribution in [0.25, 0.3) is 0 Å². The van der Waals surface area contributed by atoms with Crippen LogP contribution < -0.4 is 10.6 Å². The van der Waals surface area contributed by atoms with Crippen molar-refractivity contribution in [2.75, 3.05) is 10.6 Å². The first-order chi connectivity index (χ1) is 8.65. The van der Waals surface area contributed by atoms with Crippen molar-refractivity contribution >= 4 is 17.4 Å². The quantitative estimate of drug-likeness (QED) is 0.754. The molecule has 1 aromatic carbocycles. The number of carbonyl (C=O) groups excluding carboxylic acids is 1. The van der Waals surface area contributed by atoms with Crippen LogP contribution in [0.4, 0.5) is 16.2 Å². The van der Waals surface area contributed by atoms with Gasteiger partial charge in [0.2, 0.25) is 0 Å². The summed E-state index contributed by atoms with van der Waals surface area (Å²) in [5.74, 6) is 0.415. The highest BCUT2D eigenvalue weighted by Gasteiger charge is 2.06. The van der Waals surface area contributed by atoms with E-state index in [9.17, 15) is 4.79 Å². The van der Waals surface area contributed by atoms with Crippen molar-refractivity contribution in [3.8, 4) is 0 Å². The first-order valence-electron chi connectivity index (χ1n) is 5.96. The van der Waals surface area contributed by atoms with E-state index in [-0.39, 0.29) is 6.03 Å². The van der Waals surface area contributed by atoms with Crippen molar-refractivity contribution in [1.29, 1.82) is 0 Å². The number of para-hydroxylation sites is 1. The predicted molar refractivity (Wildman–Crippen MR) is 74.0 cm³/mol. The Kier molecular flexibility index (Phi) is 3.67. The molecule has 3 N–H and O–H groups in total. The maximum atomic E-state index is 11.7. The summed E-state index contributed by atoms with van der Waals surface area (Å²) in [5, 5.41) is 5.55. The van der Waals surface area contributed by atoms with Crippen molar-refractivity contribution in [1.82, 2.24) is 4.98 Å². The van der Waals surface area contributed by atoms with Gasteiger partial charge in [0, 0.05) is 17.6 Å². The molecular weight excluding hydrogens is 226 g/mol. The fourth-order valence-electron chi connectivity index (χ4n) is 1.63. The molecule has 0 radical (unpaired) electrons. The van der Waals surface area contributed by atoms with Gasteiger partial charge in [-0.05, 0) is 24.1 Å². The molecule has 0 aliphatic heterocycles. The third kappa shape index (κ3) is 3.13. The molecule has 0 spiro atoms. The summed E-state index contributed by atoms with van der Waals surface area (Å²) in [6.07, 6.45) is 1.79. The van der Waals surface area contributed by atoms with Crippen LogP contribution in [0.1, 0.15) is 25.5 Å². The van der Waals surface area contributed by atoms with Crippen molar-refractivity contribution in [3.05, 3.63) is 48.3 Å². The SMILES string of the molecule is CC(C)c1cc(NC(=O)Nc2ccccc2)c[nH]1. The number of amides is 2. The van der Waals surface area contributed by atoms with E-state index in [1.54, 1.807) is 6.20 Å². The highest BCUT2D eigenvalue weighted by Crippen LogP contribution is 2.17. The second-order valence-corrected chi connectivity index (χ2v) is 4.44. The largest absolute Gasteiger partial charge is 0.363 e. The topological polar surface area (TPSA) is 56.9 Å². The Hall–Kier alpha value is -2.23. The molecule has 1 heterocycles. The third-order valence-corrected chi connectivity index (χ3v) is 2.62. The zero-order valence-corrected chi connectivity index (χ0v) is 10.5. The Morgan fingerprint density at radius 2 is 1.78 bits per heavy atom. The first kappa shape index (κ1) is 12.2. The van der Waals surface area contributed by atoms with Crippen molar-refractivity contribution in [2.45, 2.75) is 19.8 Å². The van der Waals surface area contributed by atoms with Gasteiger partial charge in [-0.2, -0.15) is 0 Å². The summed E-state index contributed by atoms with van der Waals surface area (Å²) in [6, 6.07) is 11.0. The molecule has 2 amide bonds. The summed E-state index contributed by atoms with van der Waals surface area (Å²) in [5.41, 5.74) is 2.65. The lowest BCUT2D eigenvalue weighted by molar-refractivity contribution is 0.262. The van der Waals surface area contributed by atoms with Crippen molar-refractivity contribution in [2.24, 2.45) is 0 Å². The Labute approximate surface area is 106 Å². The van der Waals surface area contributed by atoms with E-state index in [2.05, 4.69) is 29.5 Å². The third-order valence-electron chi connectivity index (χ3n) is 2.62. The van der Waals surface area contributed by atoms with Gasteiger partial charge in [-0.15, -0.1) is 0 Å². The molecule has 2 rings (SSSR count). The van der Waals surface area contributed by atoms with Gasteiger partial charge in [0.15, 0.2) is 0 Å². The van der Waals surface area contributed by atoms with E-state index in [0.29, 0.717) is 5.92 Å². The Balaban J connectivity index is 1.95. The maximum absolute atomic E-state index is 11.7. The van der Waals surface area contributed by atoms with Crippen LogP contribution in [-0.4, -0.2) is 11.0 Å². The average molecular weight is 243 g/mol. The molecule has 0 saturated carbocycles. The molecule has 0 aliphatic rings. The van der Waals surface area contributed by atoms with Crippen LogP contribution >= 0.6 is 0 Å². The van der Waals surface area contributed by atoms with Crippen LogP contribution in [0, 0.1) is 0 Å². The molecule has 18 heavy (non-hydrogen) atoms. The summed E-state index contributed by atoms with van der Waals surface area (Å²) in [6.45, 7) is 4.19. The summed E-state index contributed by atoms with van der Waals surface area (Å²) in [7, 11) is 0. The maximum Gasteiger partial charge on any atom is 0.323 e. The van der Waals surface area contributed by atoms with E-state index in [4.69, 9.17) is 0 Å². The predicted octanol–water partition coefficient (Wildman–Crippen LogP) is 3.78. The van der Waals surface area contributed by atoms with Crippen molar-refractivity contribution < 1.29 is 4.79 Å². The smallest absolute Gasteiger partial charge is 0.323 e. The number of aromatic amines is 1. The molecular formula is C14H17N3O. The van der Waals surface area contributed by atoms with Gasteiger partial charge < -0.3 is 15.6 Å². The summed E-state index contributed by atoms with van der Waals surface area (Å²) >= 11 is 0. The fourth-order valence-corrected chi connectivity index (χ4v) is 1.63. The highest BCUT2D eigenvalue weighted by atomic mass is 16.2. The van der Waals surface area contributed by atoms with Crippen LogP contribution in [0.3, 0.4) is 0 Å². The average Bonchev–Trinajstić information content (AvgIpc) is 2.78. The number of urea groups is 1. The molecule has 0 saturated heterocycles. The zero-order valence-electron chi connectivity index (χ0n) is 10.5. The number of nitrogens with one attached hydrogen (secondary N) is 3. The minimum absolute atomic E-state index is 0.240. The van der Waals surface area contributed by atoms with Gasteiger partial charge in [0.25, 0.3) is 0 Å². The molecule has 0 bridgehead atoms. The molecule has 0 atom stereocenters. The molecule has 4 heteroatoms. The number of rotatable bonds is 3. The molecule has 0 aliphatic carbocycles. The summed E-state index contributed by atoms with van der Waals surface area (Å²) in [4.78, 5) is 14.9. The lowest BCUT2D eigenvalue weighted by atomic mass is 10.1. The second kappa shape index (κ2) is 5.40. The fraction of sp³-hybridized carbons (Fsp3) is 0.214. The molecule has 1 aromatic heterocycles. The van der Waals surface area contributed by atoms with Crippen molar-refractivity contribution in [3.63, 3.8) is 0 Å². The van der Waals surface area contributed by atoms with E-state index >= 15 is 0 Å². The highest BCUT2D eigenvalue weighted by molar-refractivity contribution is 5.99. The lowest BCUT2D eigenvalue weighted by Gasteiger charge is -2.05. The molecule has 4 nitrogen and oxygen atoms in total. The Bertz CT molecular complexity index is 517. The number of benzene rings is 1. The second-order valence-electron chi connectivity index (χ2n) is 4.44. The number of carbonyl (C=O) groups is 1. The molecule has 0 fully saturated rings. The Morgan fingerprint density at radius 1 is 1.11 bits per heavy atom. The standard InChI is InChI=1S/C14H17N3O/c1-10(2)13-8-12(9-15-13)17-14(18)16-11-6-4-3-5-7-11/h3-10,15H,1-2H3,(H2,16,17,18). The molecule has 94 valence electrons. The van der Waals surface area contributed by atoms with Crippen LogP contribution in [-0.2, 0) is 0 Å². The summed E-state index contributed by atoms with van der Waals surface area (Å²) < 4.78 is 0. The number of H-pyrrole nitrogens is 1. The van der Waals surface area contributed by atoms with Crippen LogP contribution in [0.5, 0.6) is 0 Å². The lowest BCUT2D eigenvalue weighted by Crippen LogP contribution is -2.18. The van der Waals surface area contributed by atoms with Crippen LogP contribution in [0.15, 0.2) is 42.6 Å². The van der Waals surface area contributed by atoms with Crippen LogP contribution in [0.2, 0.25) is 0 Å². The minimum atomic E-state index is -0.240. The molecule has 2 aromatic rings. The van der Waals surface area contributed by atoms with Gasteiger partial charge >= 0.3 is 6.03 Å². The number of hydrogen-bond donors (Lipinski definition) is 3. The number of hydrogen-bond acceptors (Lipinski definition) is 1. The van der Waals surface area contributed by atoms with E-state index in [1.165, 1.54) is 0 Å². The molecule has 0 unspecified atom stereocenters.